The van der Waals surface area contributed by atoms with E-state index < -0.39 is 0 Å². The van der Waals surface area contributed by atoms with Crippen molar-refractivity contribution in [2.24, 2.45) is 5.73 Å². The maximum absolute atomic E-state index is 5.64. The third-order valence-electron chi connectivity index (χ3n) is 2.79. The molecule has 0 aliphatic heterocycles. The minimum atomic E-state index is 0.521. The average Bonchev–Trinajstić information content (AvgIpc) is 2.76. The van der Waals surface area contributed by atoms with Crippen LogP contribution in [0.5, 0.6) is 0 Å². The Labute approximate surface area is 91.9 Å². The number of fused-ring (bicyclic) bond motifs is 3. The van der Waals surface area contributed by atoms with Gasteiger partial charge in [-0.05, 0) is 40.6 Å². The van der Waals surface area contributed by atoms with Gasteiger partial charge in [0.2, 0.25) is 0 Å². The zero-order valence-electron chi connectivity index (χ0n) is 8.88. The van der Waals surface area contributed by atoms with Crippen LogP contribution in [0.4, 0.5) is 0 Å². The maximum atomic E-state index is 5.64. The fourth-order valence-electron chi connectivity index (χ4n) is 1.94. The van der Waals surface area contributed by atoms with Crippen LogP contribution in [0, 0.1) is 6.92 Å². The van der Waals surface area contributed by atoms with Crippen molar-refractivity contribution in [2.75, 3.05) is 0 Å². The van der Waals surface area contributed by atoms with Crippen LogP contribution in [0.2, 0.25) is 0 Å². The van der Waals surface area contributed by atoms with Crippen LogP contribution in [0.25, 0.3) is 16.6 Å². The van der Waals surface area contributed by atoms with Crippen molar-refractivity contribution < 1.29 is 0 Å². The second-order valence-electron chi connectivity index (χ2n) is 3.83. The van der Waals surface area contributed by atoms with E-state index in [0.29, 0.717) is 6.54 Å². The number of rotatable bonds is 1. The molecule has 1 aromatic carbocycles. The molecule has 0 unspecified atom stereocenters. The Bertz CT molecular complexity index is 670. The van der Waals surface area contributed by atoms with E-state index in [2.05, 4.69) is 28.5 Å². The Hall–Kier alpha value is -2.01. The Morgan fingerprint density at radius 3 is 3.00 bits per heavy atom. The number of tetrazole rings is 1. The van der Waals surface area contributed by atoms with Crippen LogP contribution in [-0.4, -0.2) is 20.0 Å². The molecule has 2 N–H and O–H groups in total. The fraction of sp³-hybridized carbons (Fsp3) is 0.182. The third kappa shape index (κ3) is 1.18. The van der Waals surface area contributed by atoms with Crippen molar-refractivity contribution in [2.45, 2.75) is 13.5 Å². The highest BCUT2D eigenvalue weighted by Crippen LogP contribution is 2.20. The highest BCUT2D eigenvalue weighted by Gasteiger charge is 2.06. The van der Waals surface area contributed by atoms with E-state index in [9.17, 15) is 0 Å². The molecule has 5 nitrogen and oxygen atoms in total. The molecule has 80 valence electrons. The van der Waals surface area contributed by atoms with Crippen LogP contribution < -0.4 is 5.73 Å². The monoisotopic (exact) mass is 213 g/mol. The molecule has 0 saturated carbocycles. The van der Waals surface area contributed by atoms with Crippen LogP contribution in [0.1, 0.15) is 11.1 Å². The summed E-state index contributed by atoms with van der Waals surface area (Å²) in [5.41, 5.74) is 9.65. The SMILES string of the molecule is Cc1cc2nnnn2c2cc(CN)ccc12. The smallest absolute Gasteiger partial charge is 0.180 e. The summed E-state index contributed by atoms with van der Waals surface area (Å²) in [7, 11) is 0. The first-order chi connectivity index (χ1) is 7.79. The highest BCUT2D eigenvalue weighted by molar-refractivity contribution is 5.85. The van der Waals surface area contributed by atoms with E-state index in [1.807, 2.05) is 18.2 Å². The van der Waals surface area contributed by atoms with Crippen molar-refractivity contribution in [3.05, 3.63) is 35.4 Å². The Morgan fingerprint density at radius 1 is 1.31 bits per heavy atom. The number of aryl methyl sites for hydroxylation is 1. The largest absolute Gasteiger partial charge is 0.326 e. The molecule has 2 aromatic heterocycles. The van der Waals surface area contributed by atoms with Gasteiger partial charge in [0.1, 0.15) is 0 Å². The highest BCUT2D eigenvalue weighted by atomic mass is 15.5. The molecule has 0 saturated heterocycles. The number of hydrogen-bond donors (Lipinski definition) is 1. The van der Waals surface area contributed by atoms with Gasteiger partial charge in [-0.3, -0.25) is 0 Å². The molecule has 5 heteroatoms. The lowest BCUT2D eigenvalue weighted by molar-refractivity contribution is 0.841. The zero-order chi connectivity index (χ0) is 11.1. The van der Waals surface area contributed by atoms with E-state index in [1.165, 1.54) is 5.56 Å². The van der Waals surface area contributed by atoms with E-state index >= 15 is 0 Å². The van der Waals surface area contributed by atoms with Crippen LogP contribution in [-0.2, 0) is 6.54 Å². The van der Waals surface area contributed by atoms with Crippen molar-refractivity contribution >= 4 is 16.6 Å². The Kier molecular flexibility index (Phi) is 1.87. The molecule has 2 heterocycles. The van der Waals surface area contributed by atoms with Gasteiger partial charge in [0.05, 0.1) is 5.52 Å². The zero-order valence-corrected chi connectivity index (χ0v) is 8.88. The molecule has 0 fully saturated rings. The van der Waals surface area contributed by atoms with Gasteiger partial charge in [0.25, 0.3) is 0 Å². The van der Waals surface area contributed by atoms with Gasteiger partial charge >= 0.3 is 0 Å². The lowest BCUT2D eigenvalue weighted by atomic mass is 10.1. The molecule has 0 radical (unpaired) electrons. The van der Waals surface area contributed by atoms with Gasteiger partial charge in [0, 0.05) is 11.9 Å². The molecule has 0 amide bonds. The van der Waals surface area contributed by atoms with E-state index in [0.717, 1.165) is 22.1 Å². The Morgan fingerprint density at radius 2 is 2.19 bits per heavy atom. The predicted octanol–water partition coefficient (Wildman–Crippen LogP) is 1.04. The van der Waals surface area contributed by atoms with Gasteiger partial charge in [-0.15, -0.1) is 5.10 Å². The second kappa shape index (κ2) is 3.24. The quantitative estimate of drug-likeness (QED) is 0.655. The molecule has 3 aromatic rings. The summed E-state index contributed by atoms with van der Waals surface area (Å²) in [5.74, 6) is 0. The summed E-state index contributed by atoms with van der Waals surface area (Å²) in [4.78, 5) is 0. The van der Waals surface area contributed by atoms with Gasteiger partial charge < -0.3 is 5.73 Å². The molecule has 0 aliphatic rings. The summed E-state index contributed by atoms with van der Waals surface area (Å²) in [6, 6.07) is 8.11. The summed E-state index contributed by atoms with van der Waals surface area (Å²) in [6.45, 7) is 2.58. The molecule has 0 spiro atoms. The lowest BCUT2D eigenvalue weighted by Crippen LogP contribution is -1.99. The number of hydrogen-bond acceptors (Lipinski definition) is 4. The van der Waals surface area contributed by atoms with Gasteiger partial charge in [-0.25, -0.2) is 0 Å². The first kappa shape index (κ1) is 9.23. The molecule has 0 bridgehead atoms. The minimum absolute atomic E-state index is 0.521. The van der Waals surface area contributed by atoms with Crippen LogP contribution in [0.3, 0.4) is 0 Å². The van der Waals surface area contributed by atoms with Crippen LogP contribution >= 0.6 is 0 Å². The molecule has 16 heavy (non-hydrogen) atoms. The minimum Gasteiger partial charge on any atom is -0.326 e. The summed E-state index contributed by atoms with van der Waals surface area (Å²) in [6.07, 6.45) is 0. The second-order valence-corrected chi connectivity index (χ2v) is 3.83. The number of benzene rings is 1. The number of aromatic nitrogens is 4. The summed E-state index contributed by atoms with van der Waals surface area (Å²) in [5, 5.41) is 12.8. The third-order valence-corrected chi connectivity index (χ3v) is 2.79. The summed E-state index contributed by atoms with van der Waals surface area (Å²) >= 11 is 0. The summed E-state index contributed by atoms with van der Waals surface area (Å²) < 4.78 is 1.74. The van der Waals surface area contributed by atoms with Crippen molar-refractivity contribution in [1.82, 2.24) is 20.0 Å². The van der Waals surface area contributed by atoms with Crippen molar-refractivity contribution in [1.29, 1.82) is 0 Å². The average molecular weight is 213 g/mol. The van der Waals surface area contributed by atoms with Crippen molar-refractivity contribution in [3.8, 4) is 0 Å². The molecular formula is C11H11N5. The standard InChI is InChI=1S/C11H11N5/c1-7-4-11-13-14-15-16(11)10-5-8(6-12)2-3-9(7)10/h2-5H,6,12H2,1H3. The number of nitrogens with zero attached hydrogens (tertiary/aromatic N) is 4. The number of nitrogens with two attached hydrogens (primary N) is 1. The van der Waals surface area contributed by atoms with Crippen LogP contribution in [0.15, 0.2) is 24.3 Å². The molecule has 0 atom stereocenters. The van der Waals surface area contributed by atoms with Gasteiger partial charge in [0.15, 0.2) is 5.65 Å². The topological polar surface area (TPSA) is 69.1 Å². The molecular weight excluding hydrogens is 202 g/mol. The van der Waals surface area contributed by atoms with Gasteiger partial charge in [-0.2, -0.15) is 4.52 Å². The van der Waals surface area contributed by atoms with Crippen molar-refractivity contribution in [3.63, 3.8) is 0 Å². The normalized spacial score (nSPS) is 11.4. The number of pyridine rings is 1. The molecule has 3 rings (SSSR count). The molecule has 0 aliphatic carbocycles. The first-order valence-corrected chi connectivity index (χ1v) is 5.10. The maximum Gasteiger partial charge on any atom is 0.180 e. The van der Waals surface area contributed by atoms with Gasteiger partial charge in [-0.1, -0.05) is 12.1 Å². The lowest BCUT2D eigenvalue weighted by Gasteiger charge is -2.05. The van der Waals surface area contributed by atoms with E-state index in [4.69, 9.17) is 5.73 Å². The first-order valence-electron chi connectivity index (χ1n) is 5.10. The van der Waals surface area contributed by atoms with E-state index in [-0.39, 0.29) is 0 Å². The fourth-order valence-corrected chi connectivity index (χ4v) is 1.94. The van der Waals surface area contributed by atoms with E-state index in [1.54, 1.807) is 4.52 Å². The predicted molar refractivity (Wildman–Crippen MR) is 60.9 cm³/mol. The Balaban J connectivity index is 2.52.